The topological polar surface area (TPSA) is 9.23 Å². The number of methoxy groups -OCH3 is 1. The molecular weight excluding hydrogens is 228 g/mol. The normalized spacial score (nSPS) is 15.6. The van der Waals surface area contributed by atoms with Crippen LogP contribution >= 0.6 is 11.8 Å². The minimum absolute atomic E-state index is 0.250. The summed E-state index contributed by atoms with van der Waals surface area (Å²) in [5.41, 5.74) is 1.65. The van der Waals surface area contributed by atoms with Gasteiger partial charge in [0.15, 0.2) is 0 Å². The van der Waals surface area contributed by atoms with E-state index in [0.29, 0.717) is 11.2 Å². The van der Waals surface area contributed by atoms with E-state index in [9.17, 15) is 0 Å². The molecule has 0 amide bonds. The zero-order chi connectivity index (χ0) is 12.9. The van der Waals surface area contributed by atoms with E-state index in [1.165, 1.54) is 5.56 Å². The number of hydrogen-bond acceptors (Lipinski definition) is 2. The van der Waals surface area contributed by atoms with Gasteiger partial charge in [0.1, 0.15) is 0 Å². The first-order valence-corrected chi connectivity index (χ1v) is 7.36. The van der Waals surface area contributed by atoms with Gasteiger partial charge in [-0.15, -0.1) is 0 Å². The smallest absolute Gasteiger partial charge is 0.0509 e. The van der Waals surface area contributed by atoms with E-state index in [1.807, 2.05) is 11.8 Å². The summed E-state index contributed by atoms with van der Waals surface area (Å²) in [7, 11) is 1.79. The molecule has 1 nitrogen and oxygen atoms in total. The molecule has 0 saturated carbocycles. The highest BCUT2D eigenvalue weighted by Crippen LogP contribution is 2.43. The van der Waals surface area contributed by atoms with Crippen LogP contribution in [-0.4, -0.2) is 20.0 Å². The molecule has 1 unspecified atom stereocenters. The van der Waals surface area contributed by atoms with Crippen molar-refractivity contribution in [2.75, 3.05) is 20.0 Å². The van der Waals surface area contributed by atoms with Crippen molar-refractivity contribution in [3.63, 3.8) is 0 Å². The lowest BCUT2D eigenvalue weighted by Crippen LogP contribution is -2.29. The molecular formula is C15H24OS. The summed E-state index contributed by atoms with van der Waals surface area (Å²) < 4.78 is 5.42. The highest BCUT2D eigenvalue weighted by Gasteiger charge is 2.32. The third-order valence-corrected chi connectivity index (χ3v) is 4.31. The van der Waals surface area contributed by atoms with Gasteiger partial charge in [0.25, 0.3) is 0 Å². The summed E-state index contributed by atoms with van der Waals surface area (Å²) in [6, 6.07) is 10.7. The molecule has 0 fully saturated rings. The fourth-order valence-electron chi connectivity index (χ4n) is 2.15. The van der Waals surface area contributed by atoms with Crippen LogP contribution in [0.1, 0.15) is 31.6 Å². The van der Waals surface area contributed by atoms with Crippen LogP contribution in [0.3, 0.4) is 0 Å². The molecule has 0 aliphatic carbocycles. The maximum atomic E-state index is 5.42. The van der Waals surface area contributed by atoms with Crippen molar-refractivity contribution in [2.24, 2.45) is 11.3 Å². The Kier molecular flexibility index (Phi) is 5.54. The molecule has 96 valence electrons. The summed E-state index contributed by atoms with van der Waals surface area (Å²) in [6.07, 6.45) is 2.19. The highest BCUT2D eigenvalue weighted by molar-refractivity contribution is 7.98. The van der Waals surface area contributed by atoms with E-state index in [2.05, 4.69) is 57.4 Å². The van der Waals surface area contributed by atoms with E-state index in [0.717, 1.165) is 6.61 Å². The van der Waals surface area contributed by atoms with Gasteiger partial charge in [-0.2, -0.15) is 11.8 Å². The first-order valence-electron chi connectivity index (χ1n) is 6.07. The van der Waals surface area contributed by atoms with Gasteiger partial charge in [-0.05, 0) is 17.2 Å². The van der Waals surface area contributed by atoms with Crippen LogP contribution in [0.25, 0.3) is 0 Å². The molecule has 17 heavy (non-hydrogen) atoms. The summed E-state index contributed by atoms with van der Waals surface area (Å²) in [4.78, 5) is 0. The van der Waals surface area contributed by atoms with Gasteiger partial charge < -0.3 is 4.74 Å². The standard InChI is InChI=1S/C15H24OS/c1-15(2,3)13(11-16-4)14(17-5)12-9-7-6-8-10-12/h6-10,13-14H,11H2,1-5H3/t13-,14?/m1/s1. The first kappa shape index (κ1) is 14.6. The predicted octanol–water partition coefficient (Wildman–Crippen LogP) is 4.40. The van der Waals surface area contributed by atoms with Crippen molar-refractivity contribution in [1.82, 2.24) is 0 Å². The molecule has 0 saturated heterocycles. The Hall–Kier alpha value is -0.470. The molecule has 0 aromatic heterocycles. The Morgan fingerprint density at radius 1 is 1.18 bits per heavy atom. The minimum Gasteiger partial charge on any atom is -0.384 e. The quantitative estimate of drug-likeness (QED) is 0.768. The minimum atomic E-state index is 0.250. The number of hydrogen-bond donors (Lipinski definition) is 0. The van der Waals surface area contributed by atoms with E-state index in [1.54, 1.807) is 7.11 Å². The number of rotatable bonds is 5. The van der Waals surface area contributed by atoms with Gasteiger partial charge in [0, 0.05) is 18.3 Å². The van der Waals surface area contributed by atoms with Crippen LogP contribution in [0.15, 0.2) is 30.3 Å². The lowest BCUT2D eigenvalue weighted by atomic mass is 9.77. The molecule has 0 aliphatic rings. The van der Waals surface area contributed by atoms with Crippen molar-refractivity contribution in [2.45, 2.75) is 26.0 Å². The van der Waals surface area contributed by atoms with E-state index in [4.69, 9.17) is 4.74 Å². The molecule has 2 heteroatoms. The van der Waals surface area contributed by atoms with Gasteiger partial charge in [0.2, 0.25) is 0 Å². The van der Waals surface area contributed by atoms with Crippen molar-refractivity contribution in [1.29, 1.82) is 0 Å². The average molecular weight is 252 g/mol. The lowest BCUT2D eigenvalue weighted by molar-refractivity contribution is 0.0884. The number of thioether (sulfide) groups is 1. The Morgan fingerprint density at radius 3 is 2.18 bits per heavy atom. The fourth-order valence-corrected chi connectivity index (χ4v) is 3.39. The van der Waals surface area contributed by atoms with Gasteiger partial charge in [-0.25, -0.2) is 0 Å². The van der Waals surface area contributed by atoms with Gasteiger partial charge in [-0.1, -0.05) is 51.1 Å². The van der Waals surface area contributed by atoms with Crippen LogP contribution in [-0.2, 0) is 4.74 Å². The number of benzene rings is 1. The zero-order valence-electron chi connectivity index (χ0n) is 11.6. The van der Waals surface area contributed by atoms with Crippen molar-refractivity contribution >= 4 is 11.8 Å². The average Bonchev–Trinajstić information content (AvgIpc) is 2.29. The SMILES string of the molecule is COC[C@H](C(SC)c1ccccc1)C(C)(C)C. The Morgan fingerprint density at radius 2 is 1.76 bits per heavy atom. The molecule has 0 heterocycles. The first-order chi connectivity index (χ1) is 8.00. The third-order valence-electron chi connectivity index (χ3n) is 3.21. The van der Waals surface area contributed by atoms with Gasteiger partial charge >= 0.3 is 0 Å². The Balaban J connectivity index is 2.98. The van der Waals surface area contributed by atoms with Crippen molar-refractivity contribution in [3.8, 4) is 0 Å². The molecule has 0 aliphatic heterocycles. The van der Waals surface area contributed by atoms with E-state index < -0.39 is 0 Å². The summed E-state index contributed by atoms with van der Waals surface area (Å²) >= 11 is 1.92. The van der Waals surface area contributed by atoms with Crippen LogP contribution < -0.4 is 0 Å². The van der Waals surface area contributed by atoms with Crippen LogP contribution in [0, 0.1) is 11.3 Å². The molecule has 0 N–H and O–H groups in total. The van der Waals surface area contributed by atoms with Crippen LogP contribution in [0.4, 0.5) is 0 Å². The maximum Gasteiger partial charge on any atom is 0.0509 e. The van der Waals surface area contributed by atoms with E-state index in [-0.39, 0.29) is 5.41 Å². The second-order valence-corrected chi connectivity index (χ2v) is 6.47. The lowest BCUT2D eigenvalue weighted by Gasteiger charge is -2.36. The second kappa shape index (κ2) is 6.46. The van der Waals surface area contributed by atoms with Crippen molar-refractivity contribution < 1.29 is 4.74 Å². The molecule has 1 aromatic carbocycles. The molecule has 0 bridgehead atoms. The predicted molar refractivity (Wildman–Crippen MR) is 77.5 cm³/mol. The maximum absolute atomic E-state index is 5.42. The fraction of sp³-hybridized carbons (Fsp3) is 0.600. The van der Waals surface area contributed by atoms with Gasteiger partial charge in [-0.3, -0.25) is 0 Å². The molecule has 0 radical (unpaired) electrons. The van der Waals surface area contributed by atoms with Crippen molar-refractivity contribution in [3.05, 3.63) is 35.9 Å². The third kappa shape index (κ3) is 4.04. The van der Waals surface area contributed by atoms with E-state index >= 15 is 0 Å². The summed E-state index contributed by atoms with van der Waals surface area (Å²) in [6.45, 7) is 7.69. The Labute approximate surface area is 110 Å². The highest BCUT2D eigenvalue weighted by atomic mass is 32.2. The molecule has 1 aromatic rings. The monoisotopic (exact) mass is 252 g/mol. The zero-order valence-corrected chi connectivity index (χ0v) is 12.4. The number of ether oxygens (including phenoxy) is 1. The molecule has 0 spiro atoms. The summed E-state index contributed by atoms with van der Waals surface area (Å²) in [5.74, 6) is 0.518. The molecule has 1 rings (SSSR count). The summed E-state index contributed by atoms with van der Waals surface area (Å²) in [5, 5.41) is 0.496. The van der Waals surface area contributed by atoms with Gasteiger partial charge in [0.05, 0.1) is 6.61 Å². The van der Waals surface area contributed by atoms with Crippen LogP contribution in [0.5, 0.6) is 0 Å². The Bertz CT molecular complexity index is 315. The molecule has 2 atom stereocenters. The van der Waals surface area contributed by atoms with Crippen LogP contribution in [0.2, 0.25) is 0 Å². The second-order valence-electron chi connectivity index (χ2n) is 5.49. The largest absolute Gasteiger partial charge is 0.384 e.